The molecule has 1 saturated carbocycles. The summed E-state index contributed by atoms with van der Waals surface area (Å²) in [5.74, 6) is -0.998. The molecule has 0 aliphatic heterocycles. The van der Waals surface area contributed by atoms with Gasteiger partial charge in [0.2, 0.25) is 0 Å². The van der Waals surface area contributed by atoms with Crippen LogP contribution < -0.4 is 0 Å². The van der Waals surface area contributed by atoms with Crippen LogP contribution in [0.1, 0.15) is 40.5 Å². The van der Waals surface area contributed by atoms with E-state index < -0.39 is 23.2 Å². The van der Waals surface area contributed by atoms with E-state index in [0.29, 0.717) is 6.42 Å². The van der Waals surface area contributed by atoms with E-state index in [0.717, 1.165) is 6.42 Å². The summed E-state index contributed by atoms with van der Waals surface area (Å²) in [5.41, 5.74) is -1.71. The lowest BCUT2D eigenvalue weighted by Gasteiger charge is -2.49. The number of aliphatic carboxylic acids is 1. The van der Waals surface area contributed by atoms with Crippen molar-refractivity contribution in [2.45, 2.75) is 51.7 Å². The number of carboxylic acid groups (broad SMARTS) is 1. The van der Waals surface area contributed by atoms with Gasteiger partial charge in [0.25, 0.3) is 0 Å². The molecular weight excluding hydrogens is 222 g/mol. The fourth-order valence-electron chi connectivity index (χ4n) is 2.16. The van der Waals surface area contributed by atoms with Gasteiger partial charge in [-0.3, -0.25) is 4.90 Å². The Hall–Kier alpha value is -1.26. The van der Waals surface area contributed by atoms with E-state index in [1.807, 2.05) is 6.92 Å². The van der Waals surface area contributed by atoms with Crippen molar-refractivity contribution in [2.75, 3.05) is 7.05 Å². The third kappa shape index (κ3) is 2.37. The summed E-state index contributed by atoms with van der Waals surface area (Å²) >= 11 is 0. The van der Waals surface area contributed by atoms with Crippen LogP contribution in [0.2, 0.25) is 0 Å². The summed E-state index contributed by atoms with van der Waals surface area (Å²) in [5, 5.41) is 9.32. The molecule has 5 nitrogen and oxygen atoms in total. The maximum absolute atomic E-state index is 11.9. The smallest absolute Gasteiger partial charge is 0.410 e. The van der Waals surface area contributed by atoms with Crippen molar-refractivity contribution >= 4 is 12.1 Å². The van der Waals surface area contributed by atoms with Gasteiger partial charge in [0.1, 0.15) is 11.1 Å². The highest BCUT2D eigenvalue weighted by Crippen LogP contribution is 2.43. The number of hydrogen-bond donors (Lipinski definition) is 1. The largest absolute Gasteiger partial charge is 0.479 e. The van der Waals surface area contributed by atoms with Crippen LogP contribution in [-0.2, 0) is 9.53 Å². The molecular formula is C12H21NO4. The van der Waals surface area contributed by atoms with Crippen molar-refractivity contribution in [2.24, 2.45) is 5.92 Å². The lowest BCUT2D eigenvalue weighted by molar-refractivity contribution is -0.162. The number of rotatable bonds is 2. The fourth-order valence-corrected chi connectivity index (χ4v) is 2.16. The summed E-state index contributed by atoms with van der Waals surface area (Å²) in [7, 11) is 1.50. The van der Waals surface area contributed by atoms with E-state index in [9.17, 15) is 14.7 Å². The molecule has 0 bridgehead atoms. The Balaban J connectivity index is 2.84. The molecule has 1 rings (SSSR count). The average molecular weight is 243 g/mol. The van der Waals surface area contributed by atoms with Crippen LogP contribution >= 0.6 is 0 Å². The predicted molar refractivity (Wildman–Crippen MR) is 62.8 cm³/mol. The molecule has 17 heavy (non-hydrogen) atoms. The van der Waals surface area contributed by atoms with E-state index in [2.05, 4.69) is 0 Å². The van der Waals surface area contributed by atoms with Crippen LogP contribution in [0.5, 0.6) is 0 Å². The second-order valence-corrected chi connectivity index (χ2v) is 5.71. The summed E-state index contributed by atoms with van der Waals surface area (Å²) in [6, 6.07) is 0. The molecule has 1 aliphatic carbocycles. The number of nitrogens with zero attached hydrogens (tertiary/aromatic N) is 1. The molecule has 1 amide bonds. The van der Waals surface area contributed by atoms with Gasteiger partial charge in [-0.2, -0.15) is 0 Å². The maximum Gasteiger partial charge on any atom is 0.410 e. The normalized spacial score (nSPS) is 28.2. The molecule has 1 fully saturated rings. The van der Waals surface area contributed by atoms with Gasteiger partial charge in [-0.25, -0.2) is 9.59 Å². The topological polar surface area (TPSA) is 66.8 Å². The first-order valence-electron chi connectivity index (χ1n) is 5.81. The minimum Gasteiger partial charge on any atom is -0.479 e. The van der Waals surface area contributed by atoms with E-state index in [-0.39, 0.29) is 5.92 Å². The third-order valence-electron chi connectivity index (χ3n) is 3.41. The highest BCUT2D eigenvalue weighted by molar-refractivity contribution is 5.85. The lowest BCUT2D eigenvalue weighted by Crippen LogP contribution is -2.65. The Kier molecular flexibility index (Phi) is 3.41. The molecule has 2 atom stereocenters. The van der Waals surface area contributed by atoms with Crippen LogP contribution in [0.15, 0.2) is 0 Å². The van der Waals surface area contributed by atoms with Crippen LogP contribution in [0.25, 0.3) is 0 Å². The number of carbonyl (C=O) groups excluding carboxylic acids is 1. The number of hydrogen-bond acceptors (Lipinski definition) is 3. The minimum absolute atomic E-state index is 0.0440. The molecule has 5 heteroatoms. The van der Waals surface area contributed by atoms with Gasteiger partial charge in [-0.15, -0.1) is 0 Å². The SMILES string of the molecule is CC1CCC1(C(=O)O)N(C)C(=O)OC(C)(C)C. The molecule has 1 aliphatic rings. The van der Waals surface area contributed by atoms with Crippen LogP contribution in [-0.4, -0.2) is 40.3 Å². The van der Waals surface area contributed by atoms with Crippen molar-refractivity contribution in [1.29, 1.82) is 0 Å². The highest BCUT2D eigenvalue weighted by Gasteiger charge is 2.56. The fraction of sp³-hybridized carbons (Fsp3) is 0.833. The molecule has 0 saturated heterocycles. The number of carboxylic acids is 1. The molecule has 98 valence electrons. The first-order chi connectivity index (χ1) is 7.61. The molecule has 2 unspecified atom stereocenters. The summed E-state index contributed by atoms with van der Waals surface area (Å²) in [6.45, 7) is 7.13. The Morgan fingerprint density at radius 3 is 2.18 bits per heavy atom. The zero-order valence-corrected chi connectivity index (χ0v) is 11.1. The molecule has 0 aromatic heterocycles. The van der Waals surface area contributed by atoms with Crippen molar-refractivity contribution in [3.8, 4) is 0 Å². The maximum atomic E-state index is 11.9. The van der Waals surface area contributed by atoms with Crippen molar-refractivity contribution in [1.82, 2.24) is 4.90 Å². The van der Waals surface area contributed by atoms with Gasteiger partial charge in [0.05, 0.1) is 0 Å². The summed E-state index contributed by atoms with van der Waals surface area (Å²) in [6.07, 6.45) is 0.727. The van der Waals surface area contributed by atoms with Gasteiger partial charge in [0.15, 0.2) is 0 Å². The van der Waals surface area contributed by atoms with E-state index >= 15 is 0 Å². The first-order valence-corrected chi connectivity index (χ1v) is 5.81. The Labute approximate surface area is 102 Å². The summed E-state index contributed by atoms with van der Waals surface area (Å²) < 4.78 is 5.20. The molecule has 0 heterocycles. The van der Waals surface area contributed by atoms with Crippen molar-refractivity contribution < 1.29 is 19.4 Å². The zero-order chi connectivity index (χ0) is 13.4. The van der Waals surface area contributed by atoms with Gasteiger partial charge < -0.3 is 9.84 Å². The highest BCUT2D eigenvalue weighted by atomic mass is 16.6. The standard InChI is InChI=1S/C12H21NO4/c1-8-6-7-12(8,9(14)15)13(5)10(16)17-11(2,3)4/h8H,6-7H2,1-5H3,(H,14,15). The second kappa shape index (κ2) is 4.20. The zero-order valence-electron chi connectivity index (χ0n) is 11.1. The second-order valence-electron chi connectivity index (χ2n) is 5.71. The Bertz CT molecular complexity index is 334. The lowest BCUT2D eigenvalue weighted by atomic mass is 9.66. The van der Waals surface area contributed by atoms with E-state index in [1.165, 1.54) is 11.9 Å². The van der Waals surface area contributed by atoms with E-state index in [1.54, 1.807) is 20.8 Å². The number of likely N-dealkylation sites (N-methyl/N-ethyl adjacent to an activating group) is 1. The molecule has 1 N–H and O–H groups in total. The van der Waals surface area contributed by atoms with Crippen LogP contribution in [0.4, 0.5) is 4.79 Å². The Morgan fingerprint density at radius 2 is 1.94 bits per heavy atom. The molecule has 0 radical (unpaired) electrons. The van der Waals surface area contributed by atoms with Gasteiger partial charge in [0, 0.05) is 7.05 Å². The summed E-state index contributed by atoms with van der Waals surface area (Å²) in [4.78, 5) is 24.5. The van der Waals surface area contributed by atoms with Gasteiger partial charge >= 0.3 is 12.1 Å². The minimum atomic E-state index is -1.09. The Morgan fingerprint density at radius 1 is 1.41 bits per heavy atom. The van der Waals surface area contributed by atoms with Crippen molar-refractivity contribution in [3.63, 3.8) is 0 Å². The van der Waals surface area contributed by atoms with Gasteiger partial charge in [-0.1, -0.05) is 6.92 Å². The van der Waals surface area contributed by atoms with Crippen LogP contribution in [0, 0.1) is 5.92 Å². The number of carbonyl (C=O) groups is 2. The van der Waals surface area contributed by atoms with Crippen LogP contribution in [0.3, 0.4) is 0 Å². The number of amides is 1. The predicted octanol–water partition coefficient (Wildman–Crippen LogP) is 2.11. The third-order valence-corrected chi connectivity index (χ3v) is 3.41. The van der Waals surface area contributed by atoms with E-state index in [4.69, 9.17) is 4.74 Å². The van der Waals surface area contributed by atoms with Gasteiger partial charge in [-0.05, 0) is 39.5 Å². The number of ether oxygens (including phenoxy) is 1. The molecule has 0 aromatic rings. The molecule has 0 spiro atoms. The van der Waals surface area contributed by atoms with Crippen molar-refractivity contribution in [3.05, 3.63) is 0 Å². The monoisotopic (exact) mass is 243 g/mol. The average Bonchev–Trinajstić information content (AvgIpc) is 2.12. The molecule has 0 aromatic carbocycles. The first kappa shape index (κ1) is 13.8. The quantitative estimate of drug-likeness (QED) is 0.806.